The van der Waals surface area contributed by atoms with Crippen LogP contribution in [0.5, 0.6) is 5.75 Å². The minimum absolute atomic E-state index is 0.710. The lowest BCUT2D eigenvalue weighted by molar-refractivity contribution is 0.313. The molecule has 1 fully saturated rings. The lowest BCUT2D eigenvalue weighted by atomic mass is 10.2. The molecule has 3 aromatic carbocycles. The molecule has 0 spiro atoms. The smallest absolute Gasteiger partial charge is 0.138 e. The third-order valence-corrected chi connectivity index (χ3v) is 6.67. The molecule has 0 atom stereocenters. The number of aromatic amines is 2. The Hall–Kier alpha value is -3.84. The van der Waals surface area contributed by atoms with Crippen LogP contribution in [-0.2, 0) is 0 Å². The fraction of sp³-hybridized carbons (Fsp3) is 0.286. The van der Waals surface area contributed by atoms with E-state index in [2.05, 4.69) is 70.1 Å². The van der Waals surface area contributed by atoms with Crippen LogP contribution in [0.15, 0.2) is 60.7 Å². The van der Waals surface area contributed by atoms with E-state index in [0.29, 0.717) is 6.61 Å². The van der Waals surface area contributed by atoms with Crippen molar-refractivity contribution in [3.8, 4) is 28.5 Å². The van der Waals surface area contributed by atoms with Gasteiger partial charge in [0.25, 0.3) is 0 Å². The van der Waals surface area contributed by atoms with Gasteiger partial charge in [-0.3, -0.25) is 0 Å². The summed E-state index contributed by atoms with van der Waals surface area (Å²) >= 11 is 0. The van der Waals surface area contributed by atoms with Crippen LogP contribution in [-0.4, -0.2) is 64.7 Å². The quantitative estimate of drug-likeness (QED) is 0.355. The Balaban J connectivity index is 1.28. The van der Waals surface area contributed by atoms with E-state index in [0.717, 1.165) is 83.2 Å². The third kappa shape index (κ3) is 4.35. The van der Waals surface area contributed by atoms with Gasteiger partial charge in [-0.1, -0.05) is 19.1 Å². The standard InChI is InChI=1S/C28H30N6O/c1-3-15-35-22-6-4-5-19(16-22)27-29-23-9-7-20(17-25(23)31-27)28-30-24-10-8-21(18-26(24)32-28)34-13-11-33(2)12-14-34/h4-10,16-18H,3,11-15H2,1-2H3,(H,29,31)(H,30,32). The monoisotopic (exact) mass is 466 g/mol. The Morgan fingerprint density at radius 2 is 1.49 bits per heavy atom. The number of likely N-dealkylation sites (N-methyl/N-ethyl adjacent to an activating group) is 1. The van der Waals surface area contributed by atoms with Gasteiger partial charge < -0.3 is 24.5 Å². The van der Waals surface area contributed by atoms with E-state index >= 15 is 0 Å². The van der Waals surface area contributed by atoms with E-state index in [4.69, 9.17) is 14.7 Å². The zero-order chi connectivity index (χ0) is 23.8. The minimum atomic E-state index is 0.710. The number of anilines is 1. The summed E-state index contributed by atoms with van der Waals surface area (Å²) in [6.07, 6.45) is 0.983. The minimum Gasteiger partial charge on any atom is -0.494 e. The van der Waals surface area contributed by atoms with Crippen molar-refractivity contribution in [2.75, 3.05) is 44.7 Å². The zero-order valence-electron chi connectivity index (χ0n) is 20.2. The summed E-state index contributed by atoms with van der Waals surface area (Å²) in [5.41, 5.74) is 7.24. The number of hydrogen-bond donors (Lipinski definition) is 2. The van der Waals surface area contributed by atoms with Gasteiger partial charge in [0, 0.05) is 43.0 Å². The van der Waals surface area contributed by atoms with E-state index < -0.39 is 0 Å². The second kappa shape index (κ2) is 9.07. The molecular weight excluding hydrogens is 436 g/mol. The molecule has 0 bridgehead atoms. The molecule has 2 aromatic heterocycles. The largest absolute Gasteiger partial charge is 0.494 e. The third-order valence-electron chi connectivity index (χ3n) is 6.67. The molecule has 7 heteroatoms. The summed E-state index contributed by atoms with van der Waals surface area (Å²) in [7, 11) is 2.18. The zero-order valence-corrected chi connectivity index (χ0v) is 20.2. The molecular formula is C28H30N6O. The van der Waals surface area contributed by atoms with Crippen molar-refractivity contribution < 1.29 is 4.74 Å². The molecule has 0 unspecified atom stereocenters. The number of nitrogens with zero attached hydrogens (tertiary/aromatic N) is 4. The summed E-state index contributed by atoms with van der Waals surface area (Å²) < 4.78 is 5.79. The van der Waals surface area contributed by atoms with Crippen molar-refractivity contribution in [2.24, 2.45) is 0 Å². The van der Waals surface area contributed by atoms with E-state index in [1.807, 2.05) is 24.3 Å². The summed E-state index contributed by atoms with van der Waals surface area (Å²) in [4.78, 5) is 21.5. The first kappa shape index (κ1) is 21.7. The fourth-order valence-electron chi connectivity index (χ4n) is 4.64. The summed E-state index contributed by atoms with van der Waals surface area (Å²) in [5, 5.41) is 0. The number of hydrogen-bond acceptors (Lipinski definition) is 5. The Labute approximate surface area is 204 Å². The van der Waals surface area contributed by atoms with Crippen LogP contribution in [0.2, 0.25) is 0 Å². The molecule has 2 N–H and O–H groups in total. The molecule has 1 saturated heterocycles. The highest BCUT2D eigenvalue weighted by molar-refractivity contribution is 5.87. The number of ether oxygens (including phenoxy) is 1. The van der Waals surface area contributed by atoms with Crippen molar-refractivity contribution in [1.29, 1.82) is 0 Å². The van der Waals surface area contributed by atoms with Crippen LogP contribution in [0, 0.1) is 0 Å². The maximum atomic E-state index is 5.79. The van der Waals surface area contributed by atoms with Crippen LogP contribution in [0.25, 0.3) is 44.8 Å². The van der Waals surface area contributed by atoms with Gasteiger partial charge in [-0.15, -0.1) is 0 Å². The number of benzene rings is 3. The number of imidazole rings is 2. The first-order valence-corrected chi connectivity index (χ1v) is 12.3. The summed E-state index contributed by atoms with van der Waals surface area (Å²) in [6.45, 7) is 7.10. The predicted octanol–water partition coefficient (Wildman–Crippen LogP) is 5.31. The molecule has 0 radical (unpaired) electrons. The fourth-order valence-corrected chi connectivity index (χ4v) is 4.64. The number of fused-ring (bicyclic) bond motifs is 2. The second-order valence-corrected chi connectivity index (χ2v) is 9.27. The summed E-state index contributed by atoms with van der Waals surface area (Å²) in [5.74, 6) is 2.56. The van der Waals surface area contributed by atoms with Crippen LogP contribution >= 0.6 is 0 Å². The number of H-pyrrole nitrogens is 2. The molecule has 0 amide bonds. The highest BCUT2D eigenvalue weighted by Crippen LogP contribution is 2.29. The topological polar surface area (TPSA) is 73.1 Å². The van der Waals surface area contributed by atoms with E-state index in [9.17, 15) is 0 Å². The van der Waals surface area contributed by atoms with Gasteiger partial charge in [-0.05, 0) is 62.0 Å². The first-order chi connectivity index (χ1) is 17.2. The molecule has 0 saturated carbocycles. The molecule has 3 heterocycles. The lowest BCUT2D eigenvalue weighted by Gasteiger charge is -2.34. The highest BCUT2D eigenvalue weighted by atomic mass is 16.5. The molecule has 1 aliphatic heterocycles. The molecule has 178 valence electrons. The maximum absolute atomic E-state index is 5.79. The number of nitrogens with one attached hydrogen (secondary N) is 2. The molecule has 5 aromatic rings. The van der Waals surface area contributed by atoms with Gasteiger partial charge in [0.05, 0.1) is 28.7 Å². The van der Waals surface area contributed by atoms with E-state index in [-0.39, 0.29) is 0 Å². The van der Waals surface area contributed by atoms with Gasteiger partial charge >= 0.3 is 0 Å². The van der Waals surface area contributed by atoms with Gasteiger partial charge in [0.15, 0.2) is 0 Å². The average molecular weight is 467 g/mol. The lowest BCUT2D eigenvalue weighted by Crippen LogP contribution is -2.44. The van der Waals surface area contributed by atoms with E-state index in [1.165, 1.54) is 5.69 Å². The van der Waals surface area contributed by atoms with Crippen molar-refractivity contribution >= 4 is 27.8 Å². The Bertz CT molecular complexity index is 1480. The highest BCUT2D eigenvalue weighted by Gasteiger charge is 2.16. The van der Waals surface area contributed by atoms with Gasteiger partial charge in [-0.2, -0.15) is 0 Å². The predicted molar refractivity (Wildman–Crippen MR) is 142 cm³/mol. The van der Waals surface area contributed by atoms with Crippen molar-refractivity contribution in [3.63, 3.8) is 0 Å². The number of rotatable bonds is 6. The molecule has 0 aliphatic carbocycles. The first-order valence-electron chi connectivity index (χ1n) is 12.3. The molecule has 7 nitrogen and oxygen atoms in total. The molecule has 35 heavy (non-hydrogen) atoms. The van der Waals surface area contributed by atoms with Gasteiger partial charge in [-0.25, -0.2) is 9.97 Å². The SMILES string of the molecule is CCCOc1cccc(-c2nc3ccc(-c4nc5ccc(N6CCN(C)CC6)cc5[nH]4)cc3[nH]2)c1. The van der Waals surface area contributed by atoms with Crippen LogP contribution < -0.4 is 9.64 Å². The van der Waals surface area contributed by atoms with E-state index in [1.54, 1.807) is 0 Å². The summed E-state index contributed by atoms with van der Waals surface area (Å²) in [6, 6.07) is 20.8. The van der Waals surface area contributed by atoms with Crippen LogP contribution in [0.4, 0.5) is 5.69 Å². The Morgan fingerprint density at radius 1 is 0.800 bits per heavy atom. The number of piperazine rings is 1. The Morgan fingerprint density at radius 3 is 2.23 bits per heavy atom. The van der Waals surface area contributed by atoms with Crippen molar-refractivity contribution in [1.82, 2.24) is 24.8 Å². The van der Waals surface area contributed by atoms with Gasteiger partial charge in [0.2, 0.25) is 0 Å². The second-order valence-electron chi connectivity index (χ2n) is 9.27. The molecule has 6 rings (SSSR count). The van der Waals surface area contributed by atoms with Gasteiger partial charge in [0.1, 0.15) is 17.4 Å². The average Bonchev–Trinajstić information content (AvgIpc) is 3.51. The Kier molecular flexibility index (Phi) is 5.62. The van der Waals surface area contributed by atoms with Crippen LogP contribution in [0.3, 0.4) is 0 Å². The van der Waals surface area contributed by atoms with Crippen LogP contribution in [0.1, 0.15) is 13.3 Å². The molecule has 1 aliphatic rings. The van der Waals surface area contributed by atoms with Crippen molar-refractivity contribution in [3.05, 3.63) is 60.7 Å². The number of aromatic nitrogens is 4. The normalized spacial score (nSPS) is 14.7. The van der Waals surface area contributed by atoms with Crippen molar-refractivity contribution in [2.45, 2.75) is 13.3 Å². The maximum Gasteiger partial charge on any atom is 0.138 e.